The van der Waals surface area contributed by atoms with Crippen molar-refractivity contribution in [1.82, 2.24) is 14.8 Å². The van der Waals surface area contributed by atoms with Gasteiger partial charge in [0, 0.05) is 35.8 Å². The largest absolute Gasteiger partial charge is 0.385 e. The average Bonchev–Trinajstić information content (AvgIpc) is 3.43. The lowest BCUT2D eigenvalue weighted by atomic mass is 9.67. The zero-order valence-electron chi connectivity index (χ0n) is 29.1. The van der Waals surface area contributed by atoms with Crippen LogP contribution in [0.5, 0.6) is 0 Å². The lowest BCUT2D eigenvalue weighted by Gasteiger charge is -2.48. The van der Waals surface area contributed by atoms with Gasteiger partial charge in [-0.15, -0.1) is 12.4 Å². The van der Waals surface area contributed by atoms with Crippen molar-refractivity contribution in [2.24, 2.45) is 11.8 Å². The van der Waals surface area contributed by atoms with Crippen LogP contribution in [0, 0.1) is 23.5 Å². The number of aromatic nitrogens is 1. The van der Waals surface area contributed by atoms with Gasteiger partial charge in [-0.1, -0.05) is 56.3 Å². The first-order valence-corrected chi connectivity index (χ1v) is 16.9. The van der Waals surface area contributed by atoms with Gasteiger partial charge < -0.3 is 29.7 Å². The van der Waals surface area contributed by atoms with Gasteiger partial charge in [0.15, 0.2) is 0 Å². The third-order valence-corrected chi connectivity index (χ3v) is 10.4. The van der Waals surface area contributed by atoms with Gasteiger partial charge in [-0.25, -0.2) is 8.78 Å². The Morgan fingerprint density at radius 2 is 1.29 bits per heavy atom. The number of H-pyrrole nitrogens is 1. The molecule has 4 unspecified atom stereocenters. The average molecular weight is 684 g/mol. The number of hydrogen-bond acceptors (Lipinski definition) is 5. The Hall–Kier alpha value is -2.85. The Kier molecular flexibility index (Phi) is 12.1. The van der Waals surface area contributed by atoms with Gasteiger partial charge in [-0.2, -0.15) is 0 Å². The van der Waals surface area contributed by atoms with Crippen LogP contribution in [0.15, 0.2) is 72.8 Å². The third-order valence-electron chi connectivity index (χ3n) is 10.4. The second kappa shape index (κ2) is 15.4. The lowest BCUT2D eigenvalue weighted by Crippen LogP contribution is -2.50. The summed E-state index contributed by atoms with van der Waals surface area (Å²) in [5, 5.41) is 26.3. The number of nitrogens with one attached hydrogen (secondary N) is 1. The normalized spacial score (nSPS) is 20.2. The van der Waals surface area contributed by atoms with E-state index in [-0.39, 0.29) is 24.2 Å². The van der Waals surface area contributed by atoms with E-state index in [4.69, 9.17) is 4.74 Å². The van der Waals surface area contributed by atoms with Crippen LogP contribution in [0.1, 0.15) is 61.9 Å². The minimum absolute atomic E-state index is 0. The molecule has 1 aliphatic heterocycles. The SMILES string of the molecule is CCC(O)(c1cccc(F)c1)C(CN(C)C)CC1(CC(CN(C)C)C(O)(CC)c2cccc(F)c2)OCCc2c1[nH]c1ccccc21.Cl. The maximum Gasteiger partial charge on any atom is 0.123 e. The fraction of sp³-hybridized carbons (Fsp3) is 0.487. The zero-order valence-corrected chi connectivity index (χ0v) is 29.9. The molecule has 1 aliphatic rings. The van der Waals surface area contributed by atoms with Gasteiger partial charge in [0.05, 0.1) is 23.5 Å². The smallest absolute Gasteiger partial charge is 0.123 e. The van der Waals surface area contributed by atoms with E-state index < -0.39 is 28.4 Å². The van der Waals surface area contributed by atoms with E-state index in [2.05, 4.69) is 26.9 Å². The van der Waals surface area contributed by atoms with Crippen LogP contribution in [0.4, 0.5) is 8.78 Å². The molecule has 0 radical (unpaired) electrons. The van der Waals surface area contributed by atoms with E-state index in [1.54, 1.807) is 24.3 Å². The van der Waals surface area contributed by atoms with Crippen molar-refractivity contribution in [3.05, 3.63) is 107 Å². The number of fused-ring (bicyclic) bond motifs is 3. The zero-order chi connectivity index (χ0) is 34.0. The van der Waals surface area contributed by atoms with Gasteiger partial charge in [0.25, 0.3) is 0 Å². The number of hydrogen-bond donors (Lipinski definition) is 3. The Labute approximate surface area is 290 Å². The molecule has 0 fully saturated rings. The molecule has 3 N–H and O–H groups in total. The summed E-state index contributed by atoms with van der Waals surface area (Å²) in [5.74, 6) is -1.56. The molecular weight excluding hydrogens is 632 g/mol. The highest BCUT2D eigenvalue weighted by Crippen LogP contribution is 2.51. The monoisotopic (exact) mass is 683 g/mol. The minimum atomic E-state index is -1.37. The van der Waals surface area contributed by atoms with Gasteiger partial charge in [0.1, 0.15) is 17.2 Å². The van der Waals surface area contributed by atoms with Crippen LogP contribution >= 0.6 is 12.4 Å². The first-order chi connectivity index (χ1) is 22.3. The van der Waals surface area contributed by atoms with Crippen molar-refractivity contribution in [2.45, 2.75) is 62.8 Å². The molecule has 48 heavy (non-hydrogen) atoms. The number of halogens is 3. The first kappa shape index (κ1) is 38.0. The molecule has 2 heterocycles. The fourth-order valence-corrected chi connectivity index (χ4v) is 8.09. The van der Waals surface area contributed by atoms with E-state index in [9.17, 15) is 19.0 Å². The highest BCUT2D eigenvalue weighted by atomic mass is 35.5. The summed E-state index contributed by atoms with van der Waals surface area (Å²) in [4.78, 5) is 7.84. The summed E-state index contributed by atoms with van der Waals surface area (Å²) in [6.45, 7) is 5.37. The molecule has 4 aromatic rings. The quantitative estimate of drug-likeness (QED) is 0.130. The number of aromatic amines is 1. The van der Waals surface area contributed by atoms with Crippen LogP contribution < -0.4 is 0 Å². The van der Waals surface area contributed by atoms with Crippen LogP contribution in [0.25, 0.3) is 10.9 Å². The van der Waals surface area contributed by atoms with Crippen LogP contribution in [-0.2, 0) is 28.0 Å². The van der Waals surface area contributed by atoms with Crippen molar-refractivity contribution in [3.63, 3.8) is 0 Å². The van der Waals surface area contributed by atoms with Gasteiger partial charge >= 0.3 is 0 Å². The number of aliphatic hydroxyl groups is 2. The molecule has 0 spiro atoms. The molecule has 0 saturated heterocycles. The number of rotatable bonds is 14. The van der Waals surface area contributed by atoms with Crippen LogP contribution in [0.3, 0.4) is 0 Å². The maximum absolute atomic E-state index is 14.7. The highest BCUT2D eigenvalue weighted by molar-refractivity contribution is 5.85. The van der Waals surface area contributed by atoms with Gasteiger partial charge in [0.2, 0.25) is 0 Å². The van der Waals surface area contributed by atoms with Gasteiger partial charge in [-0.3, -0.25) is 0 Å². The predicted octanol–water partition coefficient (Wildman–Crippen LogP) is 7.37. The molecule has 9 heteroatoms. The van der Waals surface area contributed by atoms with Crippen LogP contribution in [-0.4, -0.2) is 72.9 Å². The summed E-state index contributed by atoms with van der Waals surface area (Å²) < 4.78 is 36.3. The number of para-hydroxylation sites is 1. The first-order valence-electron chi connectivity index (χ1n) is 16.9. The summed E-state index contributed by atoms with van der Waals surface area (Å²) in [7, 11) is 7.91. The molecule has 5 rings (SSSR count). The fourth-order valence-electron chi connectivity index (χ4n) is 8.09. The molecule has 262 valence electrons. The van der Waals surface area contributed by atoms with Crippen molar-refractivity contribution < 1.29 is 23.7 Å². The molecule has 0 bridgehead atoms. The number of nitrogens with zero attached hydrogens (tertiary/aromatic N) is 2. The summed E-state index contributed by atoms with van der Waals surface area (Å²) >= 11 is 0. The molecule has 3 aromatic carbocycles. The molecule has 0 aliphatic carbocycles. The lowest BCUT2D eigenvalue weighted by molar-refractivity contribution is -0.148. The Morgan fingerprint density at radius 3 is 1.75 bits per heavy atom. The summed E-state index contributed by atoms with van der Waals surface area (Å²) in [6.07, 6.45) is 2.26. The Balaban J connectivity index is 0.00000520. The third kappa shape index (κ3) is 7.49. The van der Waals surface area contributed by atoms with Crippen molar-refractivity contribution in [1.29, 1.82) is 0 Å². The standard InChI is InChI=1S/C39H51F2N3O3.ClH/c1-7-38(45,27-13-11-15-31(40)21-27)29(25-43(3)4)23-37(36-34(19-20-47-37)33-17-9-10-18-35(33)42-36)24-30(26-44(5)6)39(46,8-2)28-14-12-16-32(41)22-28;/h9-18,21-22,29-30,42,45-46H,7-8,19-20,23-26H2,1-6H3;1H. The minimum Gasteiger partial charge on any atom is -0.385 e. The van der Waals surface area contributed by atoms with Crippen molar-refractivity contribution in [2.75, 3.05) is 47.9 Å². The predicted molar refractivity (Wildman–Crippen MR) is 191 cm³/mol. The molecule has 4 atom stereocenters. The van der Waals surface area contributed by atoms with Crippen molar-refractivity contribution >= 4 is 23.3 Å². The second-order valence-corrected chi connectivity index (χ2v) is 14.0. The molecule has 1 aromatic heterocycles. The van der Waals surface area contributed by atoms with E-state index in [0.717, 1.165) is 23.0 Å². The Morgan fingerprint density at radius 1 is 0.792 bits per heavy atom. The van der Waals surface area contributed by atoms with Crippen LogP contribution in [0.2, 0.25) is 0 Å². The van der Waals surface area contributed by atoms with E-state index in [1.807, 2.05) is 54.2 Å². The second-order valence-electron chi connectivity index (χ2n) is 14.0. The molecule has 0 amide bonds. The highest BCUT2D eigenvalue weighted by Gasteiger charge is 2.51. The summed E-state index contributed by atoms with van der Waals surface area (Å²) in [6, 6.07) is 20.8. The maximum atomic E-state index is 14.7. The molecular formula is C39H52ClF2N3O3. The number of ether oxygens (including phenoxy) is 1. The van der Waals surface area contributed by atoms with E-state index >= 15 is 0 Å². The molecule has 0 saturated carbocycles. The topological polar surface area (TPSA) is 72.0 Å². The molecule has 6 nitrogen and oxygen atoms in total. The van der Waals surface area contributed by atoms with E-state index in [0.29, 0.717) is 56.5 Å². The van der Waals surface area contributed by atoms with Gasteiger partial charge in [-0.05, 0) is 107 Å². The Bertz CT molecular complexity index is 1590. The summed E-state index contributed by atoms with van der Waals surface area (Å²) in [5.41, 5.74) is 0.505. The van der Waals surface area contributed by atoms with E-state index in [1.165, 1.54) is 29.8 Å². The van der Waals surface area contributed by atoms with Crippen molar-refractivity contribution in [3.8, 4) is 0 Å². The number of benzene rings is 3.